The molecule has 0 aliphatic carbocycles. The van der Waals surface area contributed by atoms with Gasteiger partial charge in [-0.1, -0.05) is 0 Å². The molecule has 0 amide bonds. The van der Waals surface area contributed by atoms with Crippen LogP contribution in [0.4, 0.5) is 0 Å². The molecule has 3 heteroatoms. The van der Waals surface area contributed by atoms with Crippen LogP contribution in [0.5, 0.6) is 0 Å². The van der Waals surface area contributed by atoms with Gasteiger partial charge in [0.05, 0.1) is 0 Å². The van der Waals surface area contributed by atoms with Gasteiger partial charge in [0, 0.05) is 13.7 Å². The smallest absolute Gasteiger partial charge is 0.180 e. The summed E-state index contributed by atoms with van der Waals surface area (Å²) in [4.78, 5) is 0. The van der Waals surface area contributed by atoms with Crippen molar-refractivity contribution in [3.63, 3.8) is 0 Å². The minimum Gasteiger partial charge on any atom is -0.376 e. The van der Waals surface area contributed by atoms with Crippen LogP contribution in [-0.2, 0) is 9.47 Å². The standard InChI is InChI=1S/C6H14O3/c1-4-9-6(7)5(2)8-3/h5-7H,4H2,1-3H3. The monoisotopic (exact) mass is 134 g/mol. The van der Waals surface area contributed by atoms with Crippen molar-refractivity contribution in [1.82, 2.24) is 0 Å². The molecule has 0 rings (SSSR count). The number of aliphatic hydroxyl groups excluding tert-OH is 1. The van der Waals surface area contributed by atoms with Gasteiger partial charge in [-0.25, -0.2) is 0 Å². The molecule has 9 heavy (non-hydrogen) atoms. The Labute approximate surface area is 55.6 Å². The highest BCUT2D eigenvalue weighted by atomic mass is 16.6. The van der Waals surface area contributed by atoms with Gasteiger partial charge in [0.1, 0.15) is 6.10 Å². The zero-order chi connectivity index (χ0) is 7.28. The Morgan fingerprint density at radius 3 is 2.44 bits per heavy atom. The third-order valence-electron chi connectivity index (χ3n) is 1.11. The van der Waals surface area contributed by atoms with E-state index in [0.29, 0.717) is 6.61 Å². The molecule has 2 atom stereocenters. The molecule has 0 radical (unpaired) electrons. The van der Waals surface area contributed by atoms with E-state index in [4.69, 9.17) is 14.6 Å². The van der Waals surface area contributed by atoms with Gasteiger partial charge in [-0.2, -0.15) is 0 Å². The van der Waals surface area contributed by atoms with Crippen LogP contribution in [0.3, 0.4) is 0 Å². The van der Waals surface area contributed by atoms with Crippen molar-refractivity contribution in [2.45, 2.75) is 26.2 Å². The molecular weight excluding hydrogens is 120 g/mol. The van der Waals surface area contributed by atoms with Crippen LogP contribution in [0.25, 0.3) is 0 Å². The zero-order valence-corrected chi connectivity index (χ0v) is 6.13. The third kappa shape index (κ3) is 3.46. The first kappa shape index (κ1) is 8.88. The van der Waals surface area contributed by atoms with Crippen molar-refractivity contribution in [3.05, 3.63) is 0 Å². The predicted molar refractivity (Wildman–Crippen MR) is 34.1 cm³/mol. The largest absolute Gasteiger partial charge is 0.376 e. The lowest BCUT2D eigenvalue weighted by atomic mass is 10.4. The number of hydrogen-bond acceptors (Lipinski definition) is 3. The maximum Gasteiger partial charge on any atom is 0.180 e. The third-order valence-corrected chi connectivity index (χ3v) is 1.11. The Kier molecular flexibility index (Phi) is 4.67. The zero-order valence-electron chi connectivity index (χ0n) is 6.13. The van der Waals surface area contributed by atoms with Gasteiger partial charge in [0.2, 0.25) is 0 Å². The summed E-state index contributed by atoms with van der Waals surface area (Å²) in [7, 11) is 1.53. The van der Waals surface area contributed by atoms with Crippen molar-refractivity contribution in [2.75, 3.05) is 13.7 Å². The fraction of sp³-hybridized carbons (Fsp3) is 1.00. The SMILES string of the molecule is CCOC(O)C(C)OC. The predicted octanol–water partition coefficient (Wildman–Crippen LogP) is 0.376. The molecule has 56 valence electrons. The Morgan fingerprint density at radius 1 is 1.56 bits per heavy atom. The second-order valence-electron chi connectivity index (χ2n) is 1.79. The Morgan fingerprint density at radius 2 is 2.11 bits per heavy atom. The van der Waals surface area contributed by atoms with Gasteiger partial charge >= 0.3 is 0 Å². The van der Waals surface area contributed by atoms with Gasteiger partial charge in [-0.3, -0.25) is 0 Å². The highest BCUT2D eigenvalue weighted by Crippen LogP contribution is 1.97. The normalized spacial score (nSPS) is 17.3. The Balaban J connectivity index is 3.32. The van der Waals surface area contributed by atoms with E-state index in [9.17, 15) is 0 Å². The summed E-state index contributed by atoms with van der Waals surface area (Å²) in [6.45, 7) is 4.08. The molecule has 0 aliphatic rings. The highest BCUT2D eigenvalue weighted by molar-refractivity contribution is 4.50. The second kappa shape index (κ2) is 4.73. The molecule has 0 aromatic carbocycles. The summed E-state index contributed by atoms with van der Waals surface area (Å²) < 4.78 is 9.61. The summed E-state index contributed by atoms with van der Waals surface area (Å²) in [5.41, 5.74) is 0. The lowest BCUT2D eigenvalue weighted by molar-refractivity contribution is -0.161. The number of methoxy groups -OCH3 is 1. The summed E-state index contributed by atoms with van der Waals surface area (Å²) >= 11 is 0. The first-order chi connectivity index (χ1) is 4.22. The molecule has 2 unspecified atom stereocenters. The summed E-state index contributed by atoms with van der Waals surface area (Å²) in [6, 6.07) is 0. The van der Waals surface area contributed by atoms with Gasteiger partial charge in [-0.05, 0) is 13.8 Å². The first-order valence-corrected chi connectivity index (χ1v) is 3.04. The fourth-order valence-electron chi connectivity index (χ4n) is 0.423. The number of hydrogen-bond donors (Lipinski definition) is 1. The summed E-state index contributed by atoms with van der Waals surface area (Å²) in [5, 5.41) is 8.97. The second-order valence-corrected chi connectivity index (χ2v) is 1.79. The molecule has 0 aromatic heterocycles. The van der Waals surface area contributed by atoms with Crippen LogP contribution >= 0.6 is 0 Å². The summed E-state index contributed by atoms with van der Waals surface area (Å²) in [5.74, 6) is 0. The molecular formula is C6H14O3. The lowest BCUT2D eigenvalue weighted by Crippen LogP contribution is -2.27. The van der Waals surface area contributed by atoms with Gasteiger partial charge in [0.15, 0.2) is 6.29 Å². The van der Waals surface area contributed by atoms with Gasteiger partial charge in [0.25, 0.3) is 0 Å². The molecule has 0 fully saturated rings. The van der Waals surface area contributed by atoms with E-state index in [-0.39, 0.29) is 6.10 Å². The molecule has 0 aromatic rings. The molecule has 0 bridgehead atoms. The van der Waals surface area contributed by atoms with E-state index in [2.05, 4.69) is 0 Å². The van der Waals surface area contributed by atoms with Crippen molar-refractivity contribution < 1.29 is 14.6 Å². The van der Waals surface area contributed by atoms with Crippen LogP contribution in [0.1, 0.15) is 13.8 Å². The van der Waals surface area contributed by atoms with E-state index in [1.807, 2.05) is 6.92 Å². The van der Waals surface area contributed by atoms with E-state index in [0.717, 1.165) is 0 Å². The minimum absolute atomic E-state index is 0.245. The summed E-state index contributed by atoms with van der Waals surface area (Å²) in [6.07, 6.45) is -1.04. The van der Waals surface area contributed by atoms with Gasteiger partial charge in [-0.15, -0.1) is 0 Å². The maximum absolute atomic E-state index is 8.97. The molecule has 0 saturated carbocycles. The van der Waals surface area contributed by atoms with Crippen molar-refractivity contribution >= 4 is 0 Å². The molecule has 0 spiro atoms. The topological polar surface area (TPSA) is 38.7 Å². The van der Waals surface area contributed by atoms with Crippen LogP contribution in [0, 0.1) is 0 Å². The Bertz CT molecular complexity index is 65.3. The van der Waals surface area contributed by atoms with Gasteiger partial charge < -0.3 is 14.6 Å². The lowest BCUT2D eigenvalue weighted by Gasteiger charge is -2.16. The average molecular weight is 134 g/mol. The quantitative estimate of drug-likeness (QED) is 0.565. The molecule has 0 aliphatic heterocycles. The fourth-order valence-corrected chi connectivity index (χ4v) is 0.423. The van der Waals surface area contributed by atoms with E-state index < -0.39 is 6.29 Å². The van der Waals surface area contributed by atoms with Crippen LogP contribution in [0.2, 0.25) is 0 Å². The van der Waals surface area contributed by atoms with E-state index in [1.165, 1.54) is 7.11 Å². The molecule has 0 heterocycles. The molecule has 1 N–H and O–H groups in total. The number of aliphatic hydroxyl groups is 1. The van der Waals surface area contributed by atoms with E-state index >= 15 is 0 Å². The van der Waals surface area contributed by atoms with Crippen molar-refractivity contribution in [3.8, 4) is 0 Å². The molecule has 0 saturated heterocycles. The Hall–Kier alpha value is -0.120. The molecule has 3 nitrogen and oxygen atoms in total. The van der Waals surface area contributed by atoms with Crippen LogP contribution < -0.4 is 0 Å². The number of rotatable bonds is 4. The first-order valence-electron chi connectivity index (χ1n) is 3.04. The maximum atomic E-state index is 8.97. The highest BCUT2D eigenvalue weighted by Gasteiger charge is 2.11. The van der Waals surface area contributed by atoms with Crippen molar-refractivity contribution in [2.24, 2.45) is 0 Å². The van der Waals surface area contributed by atoms with Crippen LogP contribution in [-0.4, -0.2) is 31.2 Å². The number of ether oxygens (including phenoxy) is 2. The minimum atomic E-state index is -0.792. The van der Waals surface area contributed by atoms with E-state index in [1.54, 1.807) is 6.92 Å². The average Bonchev–Trinajstić information content (AvgIpc) is 1.87. The van der Waals surface area contributed by atoms with Crippen molar-refractivity contribution in [1.29, 1.82) is 0 Å². The van der Waals surface area contributed by atoms with Crippen LogP contribution in [0.15, 0.2) is 0 Å².